The van der Waals surface area contributed by atoms with Crippen molar-refractivity contribution in [2.45, 2.75) is 36.3 Å². The van der Waals surface area contributed by atoms with E-state index in [4.69, 9.17) is 6.42 Å². The highest BCUT2D eigenvalue weighted by molar-refractivity contribution is 7.89. The van der Waals surface area contributed by atoms with Gasteiger partial charge in [-0.25, -0.2) is 17.2 Å². The third-order valence-electron chi connectivity index (χ3n) is 5.94. The molecule has 0 spiro atoms. The summed E-state index contributed by atoms with van der Waals surface area (Å²) in [5, 5.41) is 2.58. The maximum atomic E-state index is 14.3. The normalized spacial score (nSPS) is 18.2. The molecule has 2 aromatic carbocycles. The summed E-state index contributed by atoms with van der Waals surface area (Å²) in [5.41, 5.74) is 0.624. The molecule has 0 saturated carbocycles. The number of rotatable bonds is 6. The summed E-state index contributed by atoms with van der Waals surface area (Å²) in [4.78, 5) is 16.1. The lowest BCUT2D eigenvalue weighted by molar-refractivity contribution is -0.141. The molecule has 1 amide bonds. The van der Waals surface area contributed by atoms with E-state index in [-0.39, 0.29) is 17.9 Å². The Balaban J connectivity index is 1.53. The van der Waals surface area contributed by atoms with Gasteiger partial charge in [-0.3, -0.25) is 9.78 Å². The Morgan fingerprint density at radius 3 is 2.42 bits per heavy atom. The molecule has 1 N–H and O–H groups in total. The second-order valence-electron chi connectivity index (χ2n) is 8.59. The van der Waals surface area contributed by atoms with Crippen LogP contribution in [0, 0.1) is 18.2 Å². The first-order valence-electron chi connectivity index (χ1n) is 11.2. The third kappa shape index (κ3) is 5.84. The number of halogens is 5. The highest BCUT2D eigenvalue weighted by Gasteiger charge is 2.44. The van der Waals surface area contributed by atoms with E-state index in [1.54, 1.807) is 18.2 Å². The van der Waals surface area contributed by atoms with Crippen LogP contribution in [0.4, 0.5) is 22.0 Å². The zero-order chi connectivity index (χ0) is 27.7. The molecule has 2 heterocycles. The molecule has 1 aliphatic heterocycles. The van der Waals surface area contributed by atoms with Crippen LogP contribution in [0.5, 0.6) is 0 Å². The number of carbonyl (C=O) groups is 1. The fraction of sp³-hybridized carbons (Fsp3) is 0.231. The number of terminal acetylenes is 1. The van der Waals surface area contributed by atoms with E-state index >= 15 is 0 Å². The van der Waals surface area contributed by atoms with Gasteiger partial charge in [-0.1, -0.05) is 12.0 Å². The molecule has 2 atom stereocenters. The van der Waals surface area contributed by atoms with Gasteiger partial charge in [0.2, 0.25) is 15.9 Å². The average molecular weight is 550 g/mol. The molecule has 3 aromatic rings. The lowest BCUT2D eigenvalue weighted by Crippen LogP contribution is -2.45. The van der Waals surface area contributed by atoms with E-state index in [1.807, 2.05) is 0 Å². The van der Waals surface area contributed by atoms with Gasteiger partial charge in [0.15, 0.2) is 0 Å². The molecule has 1 fully saturated rings. The molecule has 4 rings (SSSR count). The van der Waals surface area contributed by atoms with Gasteiger partial charge >= 0.3 is 6.18 Å². The Kier molecular flexibility index (Phi) is 7.53. The zero-order valence-corrected chi connectivity index (χ0v) is 20.4. The topological polar surface area (TPSA) is 79.4 Å². The van der Waals surface area contributed by atoms with Crippen LogP contribution in [-0.2, 0) is 27.5 Å². The van der Waals surface area contributed by atoms with Crippen molar-refractivity contribution in [3.8, 4) is 23.5 Å². The second-order valence-corrected chi connectivity index (χ2v) is 10.5. The lowest BCUT2D eigenvalue weighted by Gasteiger charge is -2.23. The van der Waals surface area contributed by atoms with Gasteiger partial charge < -0.3 is 5.32 Å². The molecule has 1 aliphatic rings. The number of pyridine rings is 1. The highest BCUT2D eigenvalue weighted by Crippen LogP contribution is 2.30. The number of hydrogen-bond acceptors (Lipinski definition) is 4. The van der Waals surface area contributed by atoms with Crippen molar-refractivity contribution < 1.29 is 35.2 Å². The van der Waals surface area contributed by atoms with Crippen molar-refractivity contribution in [3.63, 3.8) is 0 Å². The van der Waals surface area contributed by atoms with Crippen molar-refractivity contribution in [2.75, 3.05) is 6.54 Å². The van der Waals surface area contributed by atoms with Crippen LogP contribution < -0.4 is 5.32 Å². The summed E-state index contributed by atoms with van der Waals surface area (Å²) in [5.74, 6) is 1.03. The second kappa shape index (κ2) is 10.5. The Labute approximate surface area is 215 Å². The predicted octanol–water partition coefficient (Wildman–Crippen LogP) is 4.31. The van der Waals surface area contributed by atoms with Crippen LogP contribution in [0.1, 0.15) is 23.2 Å². The van der Waals surface area contributed by atoms with Crippen LogP contribution in [-0.4, -0.2) is 42.4 Å². The summed E-state index contributed by atoms with van der Waals surface area (Å²) in [6.45, 7) is -0.650. The summed E-state index contributed by atoms with van der Waals surface area (Å²) in [7, 11) is -4.28. The quantitative estimate of drug-likeness (QED) is 0.367. The van der Waals surface area contributed by atoms with E-state index in [9.17, 15) is 35.2 Å². The van der Waals surface area contributed by atoms with Gasteiger partial charge in [0.1, 0.15) is 23.7 Å². The molecule has 38 heavy (non-hydrogen) atoms. The first kappa shape index (κ1) is 27.2. The van der Waals surface area contributed by atoms with Crippen molar-refractivity contribution in [1.29, 1.82) is 0 Å². The summed E-state index contributed by atoms with van der Waals surface area (Å²) < 4.78 is 92.8. The number of sulfonamides is 1. The molecule has 1 saturated heterocycles. The van der Waals surface area contributed by atoms with Crippen LogP contribution in [0.25, 0.3) is 11.1 Å². The van der Waals surface area contributed by atoms with Gasteiger partial charge in [-0.05, 0) is 59.7 Å². The van der Waals surface area contributed by atoms with Crippen LogP contribution in [0.2, 0.25) is 0 Å². The number of alkyl halides is 4. The van der Waals surface area contributed by atoms with Gasteiger partial charge in [0.25, 0.3) is 0 Å². The minimum Gasteiger partial charge on any atom is -0.351 e. The molecule has 12 heteroatoms. The van der Waals surface area contributed by atoms with Crippen molar-refractivity contribution in [3.05, 3.63) is 83.4 Å². The number of nitrogens with one attached hydrogen (secondary N) is 1. The lowest BCUT2D eigenvalue weighted by atomic mass is 10.0. The molecule has 6 nitrogen and oxygen atoms in total. The van der Waals surface area contributed by atoms with E-state index in [0.29, 0.717) is 22.3 Å². The fourth-order valence-corrected chi connectivity index (χ4v) is 5.71. The minimum atomic E-state index is -4.59. The maximum Gasteiger partial charge on any atom is 0.433 e. The van der Waals surface area contributed by atoms with Gasteiger partial charge in [0, 0.05) is 36.8 Å². The number of carbonyl (C=O) groups excluding carboxylic acids is 1. The van der Waals surface area contributed by atoms with E-state index in [2.05, 4.69) is 16.2 Å². The molecule has 198 valence electrons. The molecule has 0 radical (unpaired) electrons. The van der Waals surface area contributed by atoms with Crippen LogP contribution in [0.3, 0.4) is 0 Å². The molecule has 0 bridgehead atoms. The smallest absolute Gasteiger partial charge is 0.351 e. The number of aromatic nitrogens is 1. The monoisotopic (exact) mass is 549 g/mol. The summed E-state index contributed by atoms with van der Waals surface area (Å²) in [6, 6.07) is 9.44. The first-order valence-corrected chi connectivity index (χ1v) is 12.7. The fourth-order valence-electron chi connectivity index (χ4n) is 4.09. The van der Waals surface area contributed by atoms with Gasteiger partial charge in [-0.2, -0.15) is 17.5 Å². The van der Waals surface area contributed by atoms with Crippen molar-refractivity contribution in [2.24, 2.45) is 0 Å². The maximum absolute atomic E-state index is 14.3. The third-order valence-corrected chi connectivity index (χ3v) is 7.83. The molecular formula is C26H20F5N3O3S. The predicted molar refractivity (Wildman–Crippen MR) is 128 cm³/mol. The van der Waals surface area contributed by atoms with Crippen LogP contribution in [0.15, 0.2) is 65.7 Å². The van der Waals surface area contributed by atoms with Crippen molar-refractivity contribution >= 4 is 15.9 Å². The standard InChI is InChI=1S/C26H20F5N3O3S/c1-2-16-9-17(11-19(10-16)18-3-8-24(32-14-18)26(29,30)31)13-33-25(35)23-12-21(28)15-34(23)38(36,37)22-6-4-20(27)5-7-22/h1,3-11,14,21,23H,12-13,15H2,(H,33,35)/t21-,23+/m1/s1. The van der Waals surface area contributed by atoms with Gasteiger partial charge in [-0.15, -0.1) is 6.42 Å². The van der Waals surface area contributed by atoms with E-state index < -0.39 is 52.4 Å². The largest absolute Gasteiger partial charge is 0.433 e. The Bertz CT molecular complexity index is 1480. The highest BCUT2D eigenvalue weighted by atomic mass is 32.2. The number of nitrogens with zero attached hydrogens (tertiary/aromatic N) is 2. The zero-order valence-electron chi connectivity index (χ0n) is 19.5. The molecular weight excluding hydrogens is 529 g/mol. The van der Waals surface area contributed by atoms with E-state index in [0.717, 1.165) is 40.8 Å². The van der Waals surface area contributed by atoms with Crippen LogP contribution >= 0.6 is 0 Å². The number of hydrogen-bond donors (Lipinski definition) is 1. The molecule has 0 unspecified atom stereocenters. The Hall–Kier alpha value is -3.82. The molecule has 1 aromatic heterocycles. The Morgan fingerprint density at radius 1 is 1.11 bits per heavy atom. The Morgan fingerprint density at radius 2 is 1.82 bits per heavy atom. The first-order chi connectivity index (χ1) is 17.9. The van der Waals surface area contributed by atoms with Gasteiger partial charge in [0.05, 0.1) is 4.90 Å². The minimum absolute atomic E-state index is 0.118. The average Bonchev–Trinajstić information content (AvgIpc) is 3.29. The number of benzene rings is 2. The van der Waals surface area contributed by atoms with E-state index in [1.165, 1.54) is 6.07 Å². The summed E-state index contributed by atoms with van der Waals surface area (Å²) in [6.07, 6.45) is 0.0297. The SMILES string of the molecule is C#Cc1cc(CNC(=O)[C@@H]2C[C@@H](F)CN2S(=O)(=O)c2ccc(F)cc2)cc(-c2ccc(C(F)(F)F)nc2)c1. The summed E-state index contributed by atoms with van der Waals surface area (Å²) >= 11 is 0. The van der Waals surface area contributed by atoms with Crippen molar-refractivity contribution in [1.82, 2.24) is 14.6 Å². The number of amides is 1. The molecule has 0 aliphatic carbocycles.